The maximum atomic E-state index is 10.6. The molecule has 3 nitrogen and oxygen atoms in total. The molecular formula is C20H19NO2. The molecule has 0 N–H and O–H groups in total. The van der Waals surface area contributed by atoms with Crippen molar-refractivity contribution < 1.29 is 9.53 Å². The fraction of sp³-hybridized carbons (Fsp3) is 0.200. The predicted octanol–water partition coefficient (Wildman–Crippen LogP) is 4.72. The van der Waals surface area contributed by atoms with Crippen LogP contribution in [0.4, 0.5) is 0 Å². The third-order valence-corrected chi connectivity index (χ3v) is 3.73. The van der Waals surface area contributed by atoms with Crippen molar-refractivity contribution >= 4 is 17.2 Å². The molecule has 0 unspecified atom stereocenters. The van der Waals surface area contributed by atoms with Gasteiger partial charge in [0.1, 0.15) is 12.0 Å². The van der Waals surface area contributed by atoms with E-state index in [2.05, 4.69) is 24.0 Å². The Labute approximate surface area is 135 Å². The highest BCUT2D eigenvalue weighted by molar-refractivity contribution is 5.80. The lowest BCUT2D eigenvalue weighted by atomic mass is 10.1. The number of rotatable bonds is 6. The summed E-state index contributed by atoms with van der Waals surface area (Å²) in [7, 11) is 0. The Bertz CT molecular complexity index is 809. The molecule has 0 spiro atoms. The molecule has 0 radical (unpaired) electrons. The third-order valence-electron chi connectivity index (χ3n) is 3.73. The minimum Gasteiger partial charge on any atom is -0.439 e. The van der Waals surface area contributed by atoms with E-state index in [0.29, 0.717) is 12.3 Å². The molecule has 2 aromatic carbocycles. The largest absolute Gasteiger partial charge is 0.439 e. The summed E-state index contributed by atoms with van der Waals surface area (Å²) in [6.07, 6.45) is 3.56. The van der Waals surface area contributed by atoms with Crippen molar-refractivity contribution in [1.29, 1.82) is 0 Å². The minimum atomic E-state index is 0.429. The van der Waals surface area contributed by atoms with Crippen LogP contribution in [0.15, 0.2) is 54.6 Å². The number of ether oxygens (including phenoxy) is 1. The molecule has 0 aliphatic carbocycles. The highest BCUT2D eigenvalue weighted by atomic mass is 16.5. The molecule has 0 bridgehead atoms. The second kappa shape index (κ2) is 7.05. The highest BCUT2D eigenvalue weighted by Gasteiger charge is 2.03. The smallest absolute Gasteiger partial charge is 0.219 e. The van der Waals surface area contributed by atoms with Crippen molar-refractivity contribution in [3.05, 3.63) is 65.7 Å². The van der Waals surface area contributed by atoms with E-state index in [9.17, 15) is 4.79 Å². The van der Waals surface area contributed by atoms with E-state index < -0.39 is 0 Å². The zero-order valence-corrected chi connectivity index (χ0v) is 13.2. The van der Waals surface area contributed by atoms with Gasteiger partial charge in [0.2, 0.25) is 5.88 Å². The zero-order chi connectivity index (χ0) is 16.1. The number of carbonyl (C=O) groups excluding carboxylic acids is 1. The third kappa shape index (κ3) is 3.75. The monoisotopic (exact) mass is 305 g/mol. The van der Waals surface area contributed by atoms with Gasteiger partial charge in [-0.3, -0.25) is 0 Å². The van der Waals surface area contributed by atoms with Gasteiger partial charge < -0.3 is 9.53 Å². The second-order valence-electron chi connectivity index (χ2n) is 5.54. The molecule has 0 amide bonds. The van der Waals surface area contributed by atoms with Crippen LogP contribution in [0.3, 0.4) is 0 Å². The first kappa shape index (κ1) is 15.2. The molecule has 1 heterocycles. The van der Waals surface area contributed by atoms with E-state index in [0.717, 1.165) is 41.3 Å². The molecule has 3 heteroatoms. The SMILES string of the molecule is CCCc1ccc(Oc2ccc3cc(CC=O)ccc3n2)cc1. The number of carbonyl (C=O) groups is 1. The molecule has 116 valence electrons. The average Bonchev–Trinajstić information content (AvgIpc) is 2.57. The van der Waals surface area contributed by atoms with Gasteiger partial charge in [0.25, 0.3) is 0 Å². The molecule has 0 atom stereocenters. The van der Waals surface area contributed by atoms with Crippen LogP contribution >= 0.6 is 0 Å². The van der Waals surface area contributed by atoms with Gasteiger partial charge in [0.05, 0.1) is 5.52 Å². The van der Waals surface area contributed by atoms with E-state index in [1.807, 2.05) is 42.5 Å². The summed E-state index contributed by atoms with van der Waals surface area (Å²) in [5.41, 5.74) is 3.17. The Balaban J connectivity index is 1.80. The Hall–Kier alpha value is -2.68. The Morgan fingerprint density at radius 1 is 1.00 bits per heavy atom. The van der Waals surface area contributed by atoms with Crippen LogP contribution in [-0.2, 0) is 17.6 Å². The normalized spacial score (nSPS) is 10.7. The van der Waals surface area contributed by atoms with E-state index in [1.165, 1.54) is 5.56 Å². The molecule has 0 fully saturated rings. The Kier molecular flexibility index (Phi) is 4.67. The molecule has 0 saturated heterocycles. The molecule has 3 aromatic rings. The van der Waals surface area contributed by atoms with Crippen molar-refractivity contribution in [2.45, 2.75) is 26.2 Å². The van der Waals surface area contributed by atoms with E-state index >= 15 is 0 Å². The first-order valence-corrected chi connectivity index (χ1v) is 7.88. The predicted molar refractivity (Wildman–Crippen MR) is 92.0 cm³/mol. The maximum absolute atomic E-state index is 10.6. The molecular weight excluding hydrogens is 286 g/mol. The molecule has 0 saturated carbocycles. The summed E-state index contributed by atoms with van der Waals surface area (Å²) < 4.78 is 5.83. The lowest BCUT2D eigenvalue weighted by Crippen LogP contribution is -1.91. The van der Waals surface area contributed by atoms with E-state index in [4.69, 9.17) is 4.74 Å². The van der Waals surface area contributed by atoms with E-state index in [-0.39, 0.29) is 0 Å². The van der Waals surface area contributed by atoms with Crippen molar-refractivity contribution in [1.82, 2.24) is 4.98 Å². The summed E-state index contributed by atoms with van der Waals surface area (Å²) in [6, 6.07) is 17.8. The number of hydrogen-bond donors (Lipinski definition) is 0. The molecule has 0 aliphatic heterocycles. The van der Waals surface area contributed by atoms with Gasteiger partial charge in [0, 0.05) is 17.9 Å². The minimum absolute atomic E-state index is 0.429. The van der Waals surface area contributed by atoms with Crippen LogP contribution in [0, 0.1) is 0 Å². The summed E-state index contributed by atoms with van der Waals surface area (Å²) >= 11 is 0. The van der Waals surface area contributed by atoms with Crippen molar-refractivity contribution in [3.63, 3.8) is 0 Å². The summed E-state index contributed by atoms with van der Waals surface area (Å²) in [6.45, 7) is 2.17. The van der Waals surface area contributed by atoms with E-state index in [1.54, 1.807) is 0 Å². The summed E-state index contributed by atoms with van der Waals surface area (Å²) in [4.78, 5) is 15.1. The molecule has 0 aliphatic rings. The maximum Gasteiger partial charge on any atom is 0.219 e. The van der Waals surface area contributed by atoms with Crippen LogP contribution in [0.5, 0.6) is 11.6 Å². The fourth-order valence-corrected chi connectivity index (χ4v) is 2.57. The zero-order valence-electron chi connectivity index (χ0n) is 13.2. The first-order valence-electron chi connectivity index (χ1n) is 7.88. The average molecular weight is 305 g/mol. The summed E-state index contributed by atoms with van der Waals surface area (Å²) in [5, 5.41) is 1.01. The van der Waals surface area contributed by atoms with Gasteiger partial charge in [0.15, 0.2) is 0 Å². The van der Waals surface area contributed by atoms with Crippen molar-refractivity contribution in [3.8, 4) is 11.6 Å². The lowest BCUT2D eigenvalue weighted by molar-refractivity contribution is -0.107. The van der Waals surface area contributed by atoms with Gasteiger partial charge in [-0.2, -0.15) is 0 Å². The standard InChI is InChI=1S/C20H19NO2/c1-2-3-15-4-8-18(9-5-15)23-20-11-7-17-14-16(12-13-22)6-10-19(17)21-20/h4-11,13-14H,2-3,12H2,1H3. The van der Waals surface area contributed by atoms with Gasteiger partial charge in [-0.25, -0.2) is 4.98 Å². The van der Waals surface area contributed by atoms with Crippen LogP contribution in [0.2, 0.25) is 0 Å². The fourth-order valence-electron chi connectivity index (χ4n) is 2.57. The number of pyridine rings is 1. The van der Waals surface area contributed by atoms with Crippen LogP contribution < -0.4 is 4.74 Å². The topological polar surface area (TPSA) is 39.2 Å². The van der Waals surface area contributed by atoms with Gasteiger partial charge in [-0.15, -0.1) is 0 Å². The number of fused-ring (bicyclic) bond motifs is 1. The molecule has 1 aromatic heterocycles. The molecule has 23 heavy (non-hydrogen) atoms. The van der Waals surface area contributed by atoms with Gasteiger partial charge >= 0.3 is 0 Å². The number of benzene rings is 2. The van der Waals surface area contributed by atoms with Gasteiger partial charge in [-0.05, 0) is 47.9 Å². The number of aryl methyl sites for hydroxylation is 1. The highest BCUT2D eigenvalue weighted by Crippen LogP contribution is 2.23. The van der Waals surface area contributed by atoms with Crippen molar-refractivity contribution in [2.75, 3.05) is 0 Å². The van der Waals surface area contributed by atoms with Crippen LogP contribution in [-0.4, -0.2) is 11.3 Å². The quantitative estimate of drug-likeness (QED) is 0.618. The van der Waals surface area contributed by atoms with Crippen LogP contribution in [0.25, 0.3) is 10.9 Å². The van der Waals surface area contributed by atoms with Crippen molar-refractivity contribution in [2.24, 2.45) is 0 Å². The Morgan fingerprint density at radius 3 is 2.52 bits per heavy atom. The number of nitrogens with zero attached hydrogens (tertiary/aromatic N) is 1. The number of aldehydes is 1. The molecule has 3 rings (SSSR count). The Morgan fingerprint density at radius 2 is 1.78 bits per heavy atom. The second-order valence-corrected chi connectivity index (χ2v) is 5.54. The number of aromatic nitrogens is 1. The lowest BCUT2D eigenvalue weighted by Gasteiger charge is -2.07. The summed E-state index contributed by atoms with van der Waals surface area (Å²) in [5.74, 6) is 1.36. The van der Waals surface area contributed by atoms with Gasteiger partial charge in [-0.1, -0.05) is 31.5 Å². The van der Waals surface area contributed by atoms with Crippen LogP contribution in [0.1, 0.15) is 24.5 Å². The first-order chi connectivity index (χ1) is 11.3. The number of hydrogen-bond acceptors (Lipinski definition) is 3.